The second-order valence-corrected chi connectivity index (χ2v) is 6.03. The van der Waals surface area contributed by atoms with E-state index in [2.05, 4.69) is 5.32 Å². The van der Waals surface area contributed by atoms with Crippen molar-refractivity contribution in [2.45, 2.75) is 62.9 Å². The number of nitrogens with one attached hydrogen (secondary N) is 1. The summed E-state index contributed by atoms with van der Waals surface area (Å²) in [6.07, 6.45) is 9.90. The molecule has 0 spiro atoms. The molecule has 2 unspecified atom stereocenters. The summed E-state index contributed by atoms with van der Waals surface area (Å²) >= 11 is 0. The third-order valence-corrected chi connectivity index (χ3v) is 4.65. The van der Waals surface area contributed by atoms with E-state index in [1.807, 2.05) is 0 Å². The number of amides is 1. The van der Waals surface area contributed by atoms with Crippen LogP contribution in [0.15, 0.2) is 0 Å². The van der Waals surface area contributed by atoms with Crippen molar-refractivity contribution >= 4 is 18.3 Å². The van der Waals surface area contributed by atoms with E-state index in [1.165, 1.54) is 38.5 Å². The maximum absolute atomic E-state index is 11.8. The summed E-state index contributed by atoms with van der Waals surface area (Å²) in [5, 5.41) is 3.14. The highest BCUT2D eigenvalue weighted by Crippen LogP contribution is 2.45. The van der Waals surface area contributed by atoms with Crippen molar-refractivity contribution in [3.05, 3.63) is 0 Å². The van der Waals surface area contributed by atoms with Crippen LogP contribution in [0.1, 0.15) is 51.4 Å². The lowest BCUT2D eigenvalue weighted by atomic mass is 9.85. The molecule has 3 aliphatic carbocycles. The Morgan fingerprint density at radius 1 is 1.18 bits per heavy atom. The molecule has 0 bridgehead atoms. The van der Waals surface area contributed by atoms with E-state index in [1.54, 1.807) is 0 Å². The third-order valence-electron chi connectivity index (χ3n) is 4.65. The lowest BCUT2D eigenvalue weighted by Gasteiger charge is -2.21. The number of hydrogen-bond acceptors (Lipinski definition) is 2. The Morgan fingerprint density at radius 2 is 1.82 bits per heavy atom. The van der Waals surface area contributed by atoms with Gasteiger partial charge in [-0.05, 0) is 31.1 Å². The summed E-state index contributed by atoms with van der Waals surface area (Å²) in [5.74, 6) is 1.76. The average molecular weight is 259 g/mol. The lowest BCUT2D eigenvalue weighted by Crippen LogP contribution is -2.44. The topological polar surface area (TPSA) is 55.1 Å². The molecule has 3 aliphatic rings. The number of rotatable bonds is 3. The highest BCUT2D eigenvalue weighted by atomic mass is 35.5. The Bertz CT molecular complexity index is 298. The van der Waals surface area contributed by atoms with Gasteiger partial charge in [0, 0.05) is 6.04 Å². The Balaban J connectivity index is 0.00000108. The molecule has 0 aliphatic heterocycles. The molecule has 17 heavy (non-hydrogen) atoms. The van der Waals surface area contributed by atoms with Gasteiger partial charge in [0.05, 0.1) is 5.54 Å². The van der Waals surface area contributed by atoms with Crippen LogP contribution in [0.2, 0.25) is 0 Å². The first-order valence-electron chi connectivity index (χ1n) is 6.79. The first kappa shape index (κ1) is 13.2. The minimum Gasteiger partial charge on any atom is -0.351 e. The summed E-state index contributed by atoms with van der Waals surface area (Å²) in [6, 6.07) is 0.455. The standard InChI is InChI=1S/C13H22N2O.ClH/c14-13(6-7-13)12(16)15-11-8-10(11)9-4-2-1-3-5-9;/h9-11H,1-8,14H2,(H,15,16);1H. The van der Waals surface area contributed by atoms with Crippen LogP contribution in [0, 0.1) is 11.8 Å². The molecular formula is C13H23ClN2O. The van der Waals surface area contributed by atoms with Gasteiger partial charge >= 0.3 is 0 Å². The van der Waals surface area contributed by atoms with Crippen molar-refractivity contribution in [1.29, 1.82) is 0 Å². The molecule has 0 saturated heterocycles. The SMILES string of the molecule is Cl.NC1(C(=O)NC2CC2C2CCCCC2)CC1. The molecule has 1 amide bonds. The quantitative estimate of drug-likeness (QED) is 0.813. The van der Waals surface area contributed by atoms with Gasteiger partial charge in [-0.15, -0.1) is 12.4 Å². The lowest BCUT2D eigenvalue weighted by molar-refractivity contribution is -0.123. The number of carbonyl (C=O) groups excluding carboxylic acids is 1. The first-order valence-corrected chi connectivity index (χ1v) is 6.79. The van der Waals surface area contributed by atoms with Crippen LogP contribution in [0.5, 0.6) is 0 Å². The molecule has 3 N–H and O–H groups in total. The molecule has 2 atom stereocenters. The number of halogens is 1. The molecule has 0 aromatic heterocycles. The van der Waals surface area contributed by atoms with Gasteiger partial charge in [0.1, 0.15) is 0 Å². The predicted molar refractivity (Wildman–Crippen MR) is 70.0 cm³/mol. The van der Waals surface area contributed by atoms with Gasteiger partial charge in [-0.25, -0.2) is 0 Å². The number of hydrogen-bond donors (Lipinski definition) is 2. The van der Waals surface area contributed by atoms with Crippen molar-refractivity contribution in [1.82, 2.24) is 5.32 Å². The van der Waals surface area contributed by atoms with Crippen LogP contribution >= 0.6 is 12.4 Å². The summed E-state index contributed by atoms with van der Waals surface area (Å²) < 4.78 is 0. The molecule has 0 aromatic carbocycles. The van der Waals surface area contributed by atoms with Gasteiger partial charge in [-0.1, -0.05) is 32.1 Å². The Morgan fingerprint density at radius 3 is 2.41 bits per heavy atom. The Hall–Kier alpha value is -0.280. The van der Waals surface area contributed by atoms with E-state index >= 15 is 0 Å². The van der Waals surface area contributed by atoms with Crippen molar-refractivity contribution < 1.29 is 4.79 Å². The van der Waals surface area contributed by atoms with Gasteiger partial charge in [0.15, 0.2) is 0 Å². The molecular weight excluding hydrogens is 236 g/mol. The van der Waals surface area contributed by atoms with E-state index in [9.17, 15) is 4.79 Å². The van der Waals surface area contributed by atoms with Crippen LogP contribution in [0.25, 0.3) is 0 Å². The van der Waals surface area contributed by atoms with Gasteiger partial charge < -0.3 is 11.1 Å². The zero-order chi connectivity index (χ0) is 11.2. The van der Waals surface area contributed by atoms with E-state index < -0.39 is 5.54 Å². The largest absolute Gasteiger partial charge is 0.351 e. The van der Waals surface area contributed by atoms with Gasteiger partial charge in [0.25, 0.3) is 0 Å². The fourth-order valence-corrected chi connectivity index (χ4v) is 3.14. The maximum atomic E-state index is 11.8. The van der Waals surface area contributed by atoms with Crippen LogP contribution in [0.4, 0.5) is 0 Å². The Labute approximate surface area is 109 Å². The highest BCUT2D eigenvalue weighted by Gasteiger charge is 2.50. The molecule has 3 fully saturated rings. The van der Waals surface area contributed by atoms with Gasteiger partial charge in [-0.3, -0.25) is 4.79 Å². The Kier molecular flexibility index (Phi) is 3.69. The third kappa shape index (κ3) is 2.76. The molecule has 0 heterocycles. The monoisotopic (exact) mass is 258 g/mol. The van der Waals surface area contributed by atoms with E-state index in [4.69, 9.17) is 5.73 Å². The zero-order valence-corrected chi connectivity index (χ0v) is 11.1. The fraction of sp³-hybridized carbons (Fsp3) is 0.923. The summed E-state index contributed by atoms with van der Waals surface area (Å²) in [4.78, 5) is 11.8. The van der Waals surface area contributed by atoms with E-state index in [0.29, 0.717) is 6.04 Å². The van der Waals surface area contributed by atoms with Crippen LogP contribution < -0.4 is 11.1 Å². The van der Waals surface area contributed by atoms with Crippen molar-refractivity contribution in [3.8, 4) is 0 Å². The molecule has 0 aromatic rings. The number of carbonyl (C=O) groups is 1. The van der Waals surface area contributed by atoms with Crippen molar-refractivity contribution in [2.75, 3.05) is 0 Å². The summed E-state index contributed by atoms with van der Waals surface area (Å²) in [6.45, 7) is 0. The molecule has 3 nitrogen and oxygen atoms in total. The van der Waals surface area contributed by atoms with Crippen LogP contribution in [-0.2, 0) is 4.79 Å². The molecule has 0 radical (unpaired) electrons. The van der Waals surface area contributed by atoms with Crippen LogP contribution in [0.3, 0.4) is 0 Å². The summed E-state index contributed by atoms with van der Waals surface area (Å²) in [7, 11) is 0. The summed E-state index contributed by atoms with van der Waals surface area (Å²) in [5.41, 5.74) is 5.39. The van der Waals surface area contributed by atoms with Crippen LogP contribution in [-0.4, -0.2) is 17.5 Å². The molecule has 3 rings (SSSR count). The normalized spacial score (nSPS) is 34.6. The zero-order valence-electron chi connectivity index (χ0n) is 10.3. The van der Waals surface area contributed by atoms with E-state index in [-0.39, 0.29) is 18.3 Å². The second-order valence-electron chi connectivity index (χ2n) is 6.03. The predicted octanol–water partition coefficient (Wildman–Crippen LogP) is 1.98. The molecule has 3 saturated carbocycles. The van der Waals surface area contributed by atoms with Crippen molar-refractivity contribution in [2.24, 2.45) is 17.6 Å². The smallest absolute Gasteiger partial charge is 0.240 e. The highest BCUT2D eigenvalue weighted by molar-refractivity contribution is 5.89. The second kappa shape index (κ2) is 4.77. The van der Waals surface area contributed by atoms with E-state index in [0.717, 1.165) is 24.7 Å². The first-order chi connectivity index (χ1) is 7.69. The maximum Gasteiger partial charge on any atom is 0.240 e. The van der Waals surface area contributed by atoms with Gasteiger partial charge in [-0.2, -0.15) is 0 Å². The molecule has 4 heteroatoms. The van der Waals surface area contributed by atoms with Crippen molar-refractivity contribution in [3.63, 3.8) is 0 Å². The molecule has 98 valence electrons. The minimum absolute atomic E-state index is 0. The average Bonchev–Trinajstić information content (AvgIpc) is 3.18. The van der Waals surface area contributed by atoms with Gasteiger partial charge in [0.2, 0.25) is 5.91 Å². The minimum atomic E-state index is -0.486. The number of nitrogens with two attached hydrogens (primary N) is 1. The fourth-order valence-electron chi connectivity index (χ4n) is 3.14.